The molecular weight excluding hydrogens is 731 g/mol. The summed E-state index contributed by atoms with van der Waals surface area (Å²) in [5.74, 6) is 0. The van der Waals surface area contributed by atoms with Crippen molar-refractivity contribution in [1.29, 1.82) is 0 Å². The van der Waals surface area contributed by atoms with Crippen LogP contribution in [0.1, 0.15) is 5.56 Å². The van der Waals surface area contributed by atoms with Crippen molar-refractivity contribution in [1.82, 2.24) is 14.5 Å². The average Bonchev–Trinajstić information content (AvgIpc) is 3.67. The number of fused-ring (bicyclic) bond motifs is 15. The van der Waals surface area contributed by atoms with E-state index in [4.69, 9.17) is 0 Å². The van der Waals surface area contributed by atoms with Gasteiger partial charge in [-0.15, -0.1) is 23.0 Å². The molecule has 0 unspecified atom stereocenters. The second kappa shape index (κ2) is 10.6. The number of hydrogen-bond acceptors (Lipinski definition) is 3. The average molecular weight is 758 g/mol. The van der Waals surface area contributed by atoms with Crippen molar-refractivity contribution in [2.45, 2.75) is 0 Å². The SMILES string of the molecule is CN1C=C2c3ccccc3-c3ccc[c-][n+]3N2[CH-]1.Cn1[c-]c2c(c1)c1cc3ccc4ccccc4c3cc1c1cccnc21.[Ir+3]. The molecule has 10 rings (SSSR count). The predicted octanol–water partition coefficient (Wildman–Crippen LogP) is 7.74. The van der Waals surface area contributed by atoms with Crippen LogP contribution in [0.25, 0.3) is 70.9 Å². The van der Waals surface area contributed by atoms with Crippen LogP contribution in [0.15, 0.2) is 122 Å². The molecule has 6 heteroatoms. The van der Waals surface area contributed by atoms with Gasteiger partial charge in [0.05, 0.1) is 5.70 Å². The molecule has 2 aliphatic rings. The van der Waals surface area contributed by atoms with Crippen molar-refractivity contribution < 1.29 is 24.8 Å². The Hall–Kier alpha value is -5.03. The zero-order valence-corrected chi connectivity index (χ0v) is 27.1. The van der Waals surface area contributed by atoms with Crippen LogP contribution in [0.5, 0.6) is 0 Å². The Kier molecular flexibility index (Phi) is 6.45. The quantitative estimate of drug-likeness (QED) is 0.0687. The summed E-state index contributed by atoms with van der Waals surface area (Å²) in [6.07, 6.45) is 12.8. The Bertz CT molecular complexity index is 2480. The van der Waals surface area contributed by atoms with E-state index in [1.54, 1.807) is 0 Å². The first-order valence-electron chi connectivity index (χ1n) is 14.8. The van der Waals surface area contributed by atoms with Crippen molar-refractivity contribution in [3.8, 4) is 11.3 Å². The van der Waals surface area contributed by atoms with Crippen molar-refractivity contribution in [2.24, 2.45) is 7.05 Å². The largest absolute Gasteiger partial charge is 3.00 e. The van der Waals surface area contributed by atoms with E-state index in [1.807, 2.05) is 43.1 Å². The Morgan fingerprint density at radius 1 is 0.711 bits per heavy atom. The summed E-state index contributed by atoms with van der Waals surface area (Å²) >= 11 is 0. The Morgan fingerprint density at radius 3 is 2.40 bits per heavy atom. The third kappa shape index (κ3) is 4.25. The summed E-state index contributed by atoms with van der Waals surface area (Å²) in [6, 6.07) is 36.4. The van der Waals surface area contributed by atoms with Crippen LogP contribution < -0.4 is 9.69 Å². The second-order valence-corrected chi connectivity index (χ2v) is 11.5. The predicted molar refractivity (Wildman–Crippen MR) is 179 cm³/mol. The summed E-state index contributed by atoms with van der Waals surface area (Å²) < 4.78 is 4.06. The summed E-state index contributed by atoms with van der Waals surface area (Å²) in [6.45, 7) is 2.06. The molecule has 5 aromatic carbocycles. The molecule has 0 saturated heterocycles. The Labute approximate surface area is 274 Å². The molecule has 3 aromatic heterocycles. The molecule has 0 bridgehead atoms. The van der Waals surface area contributed by atoms with Crippen molar-refractivity contribution >= 4 is 59.7 Å². The van der Waals surface area contributed by atoms with Gasteiger partial charge in [-0.05, 0) is 70.3 Å². The van der Waals surface area contributed by atoms with Crippen LogP contribution in [-0.2, 0) is 27.2 Å². The summed E-state index contributed by atoms with van der Waals surface area (Å²) in [4.78, 5) is 6.74. The van der Waals surface area contributed by atoms with Crippen molar-refractivity contribution in [3.63, 3.8) is 0 Å². The molecular formula is C39H27IrN5+. The van der Waals surface area contributed by atoms with Crippen LogP contribution in [0.3, 0.4) is 0 Å². The summed E-state index contributed by atoms with van der Waals surface area (Å²) in [5, 5.41) is 13.3. The van der Waals surface area contributed by atoms with E-state index < -0.39 is 0 Å². The first kappa shape index (κ1) is 27.5. The number of pyridine rings is 2. The molecule has 216 valence electrons. The summed E-state index contributed by atoms with van der Waals surface area (Å²) in [5.41, 5.74) is 5.89. The fourth-order valence-corrected chi connectivity index (χ4v) is 6.81. The minimum atomic E-state index is 0. The molecule has 2 aliphatic heterocycles. The zero-order chi connectivity index (χ0) is 29.4. The van der Waals surface area contributed by atoms with Crippen LogP contribution in [-0.4, -0.2) is 21.5 Å². The number of hydrogen-bond donors (Lipinski definition) is 0. The van der Waals surface area contributed by atoms with Crippen molar-refractivity contribution in [3.05, 3.63) is 146 Å². The molecule has 0 aliphatic carbocycles. The van der Waals surface area contributed by atoms with Gasteiger partial charge in [0.25, 0.3) is 0 Å². The van der Waals surface area contributed by atoms with E-state index in [0.717, 1.165) is 16.6 Å². The maximum Gasteiger partial charge on any atom is 3.00 e. The van der Waals surface area contributed by atoms with E-state index in [2.05, 4.69) is 136 Å². The van der Waals surface area contributed by atoms with Gasteiger partial charge in [-0.1, -0.05) is 97.1 Å². The monoisotopic (exact) mass is 758 g/mol. The van der Waals surface area contributed by atoms with Crippen LogP contribution in [0, 0.1) is 19.1 Å². The van der Waals surface area contributed by atoms with E-state index >= 15 is 0 Å². The molecule has 8 aromatic rings. The van der Waals surface area contributed by atoms with E-state index in [-0.39, 0.29) is 20.1 Å². The fraction of sp³-hybridized carbons (Fsp3) is 0.0513. The zero-order valence-electron chi connectivity index (χ0n) is 24.7. The number of aryl methyl sites for hydroxylation is 1. The molecule has 0 radical (unpaired) electrons. The molecule has 0 atom stereocenters. The van der Waals surface area contributed by atoms with Gasteiger partial charge in [0.1, 0.15) is 11.9 Å². The van der Waals surface area contributed by atoms with Gasteiger partial charge in [0.15, 0.2) is 0 Å². The first-order chi connectivity index (χ1) is 21.6. The van der Waals surface area contributed by atoms with Gasteiger partial charge in [-0.3, -0.25) is 5.01 Å². The van der Waals surface area contributed by atoms with Crippen molar-refractivity contribution in [2.75, 3.05) is 12.1 Å². The minimum absolute atomic E-state index is 0. The van der Waals surface area contributed by atoms with E-state index in [9.17, 15) is 0 Å². The van der Waals surface area contributed by atoms with E-state index in [0.29, 0.717) is 0 Å². The molecule has 0 spiro atoms. The number of nitrogens with zero attached hydrogens (tertiary/aromatic N) is 5. The maximum atomic E-state index is 4.67. The van der Waals surface area contributed by atoms with Gasteiger partial charge >= 0.3 is 20.1 Å². The molecule has 5 heterocycles. The third-order valence-electron chi connectivity index (χ3n) is 8.72. The number of benzene rings is 5. The molecule has 45 heavy (non-hydrogen) atoms. The molecule has 0 N–H and O–H groups in total. The number of aromatic nitrogens is 3. The normalized spacial score (nSPS) is 13.3. The Balaban J connectivity index is 0.000000139. The first-order valence-corrected chi connectivity index (χ1v) is 14.8. The van der Waals surface area contributed by atoms with E-state index in [1.165, 1.54) is 59.9 Å². The second-order valence-electron chi connectivity index (χ2n) is 11.5. The minimum Gasteiger partial charge on any atom is -0.504 e. The van der Waals surface area contributed by atoms with Crippen LogP contribution in [0.2, 0.25) is 0 Å². The van der Waals surface area contributed by atoms with Gasteiger partial charge in [-0.25, -0.2) is 4.68 Å². The van der Waals surface area contributed by atoms with Gasteiger partial charge in [-0.2, -0.15) is 6.07 Å². The standard InChI is InChI=1S/C24H15N2.C15H12N3.Ir/c1-26-13-22-20-11-16-9-8-15-5-2-3-6-17(15)19(16)12-21(20)18-7-4-10-25-24(18)23(22)14-26;1-16-10-15-13-7-3-2-6-12(13)14-8-4-5-9-17(14)18(15)11-16;/h2-13H,1H3;2-8,10-11H,1H3;/q2*-1;+3. The van der Waals surface area contributed by atoms with Gasteiger partial charge in [0, 0.05) is 17.3 Å². The topological polar surface area (TPSA) is 28.2 Å². The molecule has 0 fully saturated rings. The van der Waals surface area contributed by atoms with Crippen LogP contribution >= 0.6 is 0 Å². The van der Waals surface area contributed by atoms with Gasteiger partial charge in [0.2, 0.25) is 0 Å². The molecule has 0 saturated carbocycles. The molecule has 5 nitrogen and oxygen atoms in total. The van der Waals surface area contributed by atoms with Gasteiger partial charge < -0.3 is 14.5 Å². The Morgan fingerprint density at radius 2 is 1.49 bits per heavy atom. The maximum absolute atomic E-state index is 4.67. The third-order valence-corrected chi connectivity index (χ3v) is 8.72. The molecule has 0 amide bonds. The number of rotatable bonds is 0. The smallest absolute Gasteiger partial charge is 0.504 e. The van der Waals surface area contributed by atoms with Crippen LogP contribution in [0.4, 0.5) is 0 Å². The fourth-order valence-electron chi connectivity index (χ4n) is 6.81. The summed E-state index contributed by atoms with van der Waals surface area (Å²) in [7, 11) is 4.06.